The van der Waals surface area contributed by atoms with Crippen molar-refractivity contribution in [2.24, 2.45) is 0 Å². The minimum absolute atomic E-state index is 0.0859. The van der Waals surface area contributed by atoms with Gasteiger partial charge in [-0.2, -0.15) is 0 Å². The van der Waals surface area contributed by atoms with E-state index in [1.165, 1.54) is 28.7 Å². The molecule has 3 aromatic carbocycles. The number of carbonyl (C=O) groups excluding carboxylic acids is 1. The first-order valence-electron chi connectivity index (χ1n) is 11.7. The lowest BCUT2D eigenvalue weighted by atomic mass is 10.0. The molecule has 0 radical (unpaired) electrons. The Hall–Kier alpha value is -3.68. The smallest absolute Gasteiger partial charge is 0.268 e. The number of aromatic nitrogens is 2. The van der Waals surface area contributed by atoms with Crippen LogP contribution in [0.5, 0.6) is 0 Å². The van der Waals surface area contributed by atoms with Crippen LogP contribution < -0.4 is 10.9 Å². The molecule has 0 aliphatic carbocycles. The highest BCUT2D eigenvalue weighted by atomic mass is 32.2. The first-order chi connectivity index (χ1) is 17.6. The number of nitrogens with one attached hydrogen (secondary N) is 1. The van der Waals surface area contributed by atoms with E-state index in [-0.39, 0.29) is 17.2 Å². The van der Waals surface area contributed by atoms with Crippen LogP contribution in [0.3, 0.4) is 0 Å². The molecule has 36 heavy (non-hydrogen) atoms. The average Bonchev–Trinajstić information content (AvgIpc) is 3.25. The van der Waals surface area contributed by atoms with Crippen LogP contribution in [0.15, 0.2) is 101 Å². The second-order valence-corrected chi connectivity index (χ2v) is 10.5. The van der Waals surface area contributed by atoms with Crippen LogP contribution in [0, 0.1) is 6.92 Å². The molecule has 0 unspecified atom stereocenters. The van der Waals surface area contributed by atoms with Gasteiger partial charge in [0, 0.05) is 17.0 Å². The second-order valence-electron chi connectivity index (χ2n) is 8.32. The fourth-order valence-corrected chi connectivity index (χ4v) is 6.10. The van der Waals surface area contributed by atoms with Crippen LogP contribution in [0.1, 0.15) is 10.4 Å². The van der Waals surface area contributed by atoms with Gasteiger partial charge in [0.05, 0.1) is 16.8 Å². The van der Waals surface area contributed by atoms with E-state index in [0.717, 1.165) is 28.1 Å². The zero-order valence-electron chi connectivity index (χ0n) is 19.8. The topological polar surface area (TPSA) is 64.0 Å². The molecule has 5 nitrogen and oxygen atoms in total. The first-order valence-corrected chi connectivity index (χ1v) is 13.5. The van der Waals surface area contributed by atoms with Gasteiger partial charge >= 0.3 is 0 Å². The zero-order chi connectivity index (χ0) is 24.9. The number of carbonyl (C=O) groups is 1. The molecular weight excluding hydrogens is 486 g/mol. The highest BCUT2D eigenvalue weighted by Gasteiger charge is 2.21. The summed E-state index contributed by atoms with van der Waals surface area (Å²) in [5.41, 5.74) is 3.71. The molecule has 1 amide bonds. The van der Waals surface area contributed by atoms with Gasteiger partial charge < -0.3 is 5.32 Å². The monoisotopic (exact) mass is 511 g/mol. The Morgan fingerprint density at radius 2 is 1.58 bits per heavy atom. The van der Waals surface area contributed by atoms with E-state index in [0.29, 0.717) is 21.9 Å². The summed E-state index contributed by atoms with van der Waals surface area (Å²) < 4.78 is 1.63. The maximum atomic E-state index is 13.9. The van der Waals surface area contributed by atoms with Gasteiger partial charge in [-0.3, -0.25) is 14.2 Å². The van der Waals surface area contributed by atoms with Gasteiger partial charge in [0.2, 0.25) is 5.91 Å². The van der Waals surface area contributed by atoms with Crippen molar-refractivity contribution in [2.75, 3.05) is 12.3 Å². The summed E-state index contributed by atoms with van der Waals surface area (Å²) in [5, 5.41) is 4.10. The first kappa shape index (κ1) is 24.0. The van der Waals surface area contributed by atoms with Crippen molar-refractivity contribution < 1.29 is 4.79 Å². The number of amides is 1. The molecule has 7 heteroatoms. The van der Waals surface area contributed by atoms with E-state index >= 15 is 0 Å². The van der Waals surface area contributed by atoms with Gasteiger partial charge in [-0.25, -0.2) is 4.98 Å². The predicted molar refractivity (Wildman–Crippen MR) is 149 cm³/mol. The molecule has 0 saturated carbocycles. The third kappa shape index (κ3) is 5.12. The Bertz CT molecular complexity index is 1550. The predicted octanol–water partition coefficient (Wildman–Crippen LogP) is 5.87. The van der Waals surface area contributed by atoms with Crippen molar-refractivity contribution in [2.45, 2.75) is 18.5 Å². The number of hydrogen-bond acceptors (Lipinski definition) is 5. The largest absolute Gasteiger partial charge is 0.355 e. The standard InChI is InChI=1S/C29H25N3O2S2/c1-20-25(22-13-7-3-8-14-22)26-27(36-20)31-29(32(28(26)34)23-15-9-4-10-16-23)35-19-24(33)30-18-17-21-11-5-2-6-12-21/h2-16H,17-19H2,1H3,(H,30,33). The quantitative estimate of drug-likeness (QED) is 0.209. The van der Waals surface area contributed by atoms with E-state index in [9.17, 15) is 9.59 Å². The molecule has 180 valence electrons. The molecule has 1 N–H and O–H groups in total. The number of hydrogen-bond donors (Lipinski definition) is 1. The van der Waals surface area contributed by atoms with E-state index in [1.807, 2.05) is 97.9 Å². The third-order valence-electron chi connectivity index (χ3n) is 5.86. The van der Waals surface area contributed by atoms with Gasteiger partial charge in [0.1, 0.15) is 4.83 Å². The number of para-hydroxylation sites is 1. The number of aryl methyl sites for hydroxylation is 1. The summed E-state index contributed by atoms with van der Waals surface area (Å²) in [6.07, 6.45) is 0.771. The summed E-state index contributed by atoms with van der Waals surface area (Å²) in [7, 11) is 0. The summed E-state index contributed by atoms with van der Waals surface area (Å²) >= 11 is 2.80. The number of thioether (sulfide) groups is 1. The maximum Gasteiger partial charge on any atom is 0.268 e. The van der Waals surface area contributed by atoms with Crippen molar-refractivity contribution >= 4 is 39.2 Å². The van der Waals surface area contributed by atoms with Crippen molar-refractivity contribution in [3.8, 4) is 16.8 Å². The van der Waals surface area contributed by atoms with E-state index < -0.39 is 0 Å². The minimum Gasteiger partial charge on any atom is -0.355 e. The maximum absolute atomic E-state index is 13.9. The Labute approximate surface area is 217 Å². The summed E-state index contributed by atoms with van der Waals surface area (Å²) in [4.78, 5) is 33.2. The fraction of sp³-hybridized carbons (Fsp3) is 0.138. The Morgan fingerprint density at radius 3 is 2.28 bits per heavy atom. The molecule has 0 atom stereocenters. The lowest BCUT2D eigenvalue weighted by Gasteiger charge is -2.13. The lowest BCUT2D eigenvalue weighted by molar-refractivity contribution is -0.118. The van der Waals surface area contributed by atoms with Crippen LogP contribution in [0.25, 0.3) is 27.0 Å². The lowest BCUT2D eigenvalue weighted by Crippen LogP contribution is -2.28. The summed E-state index contributed by atoms with van der Waals surface area (Å²) in [6.45, 7) is 2.58. The van der Waals surface area contributed by atoms with Gasteiger partial charge in [-0.1, -0.05) is 90.6 Å². The highest BCUT2D eigenvalue weighted by molar-refractivity contribution is 7.99. The molecule has 0 spiro atoms. The molecule has 2 heterocycles. The number of benzene rings is 3. The normalized spacial score (nSPS) is 11.0. The minimum atomic E-state index is -0.124. The van der Waals surface area contributed by atoms with Crippen molar-refractivity contribution in [3.63, 3.8) is 0 Å². The Balaban J connectivity index is 1.46. The molecule has 5 aromatic rings. The van der Waals surface area contributed by atoms with Crippen LogP contribution >= 0.6 is 23.1 Å². The number of thiophene rings is 1. The molecule has 0 bridgehead atoms. The van der Waals surface area contributed by atoms with Crippen molar-refractivity contribution in [3.05, 3.63) is 112 Å². The second kappa shape index (κ2) is 10.9. The molecular formula is C29H25N3O2S2. The molecule has 5 rings (SSSR count). The summed E-state index contributed by atoms with van der Waals surface area (Å²) in [5.74, 6) is 0.0902. The third-order valence-corrected chi connectivity index (χ3v) is 7.80. The SMILES string of the molecule is Cc1sc2nc(SCC(=O)NCCc3ccccc3)n(-c3ccccc3)c(=O)c2c1-c1ccccc1. The van der Waals surface area contributed by atoms with E-state index in [1.54, 1.807) is 4.57 Å². The van der Waals surface area contributed by atoms with Gasteiger partial charge in [0.15, 0.2) is 5.16 Å². The van der Waals surface area contributed by atoms with Gasteiger partial charge in [0.25, 0.3) is 5.56 Å². The van der Waals surface area contributed by atoms with E-state index in [4.69, 9.17) is 4.98 Å². The molecule has 0 aliphatic rings. The van der Waals surface area contributed by atoms with Crippen LogP contribution in [0.2, 0.25) is 0 Å². The summed E-state index contributed by atoms with van der Waals surface area (Å²) in [6, 6.07) is 29.5. The molecule has 0 aliphatic heterocycles. The zero-order valence-corrected chi connectivity index (χ0v) is 21.4. The van der Waals surface area contributed by atoms with Crippen LogP contribution in [0.4, 0.5) is 0 Å². The van der Waals surface area contributed by atoms with Crippen LogP contribution in [-0.4, -0.2) is 27.8 Å². The Kier molecular flexibility index (Phi) is 7.30. The number of fused-ring (bicyclic) bond motifs is 1. The fourth-order valence-electron chi connectivity index (χ4n) is 4.17. The molecule has 0 saturated heterocycles. The molecule has 2 aromatic heterocycles. The number of nitrogens with zero attached hydrogens (tertiary/aromatic N) is 2. The van der Waals surface area contributed by atoms with Gasteiger partial charge in [-0.15, -0.1) is 11.3 Å². The van der Waals surface area contributed by atoms with Crippen molar-refractivity contribution in [1.82, 2.24) is 14.9 Å². The number of rotatable bonds is 8. The average molecular weight is 512 g/mol. The van der Waals surface area contributed by atoms with E-state index in [2.05, 4.69) is 5.32 Å². The van der Waals surface area contributed by atoms with Crippen LogP contribution in [-0.2, 0) is 11.2 Å². The Morgan fingerprint density at radius 1 is 0.944 bits per heavy atom. The molecule has 0 fully saturated rings. The van der Waals surface area contributed by atoms with Gasteiger partial charge in [-0.05, 0) is 36.6 Å². The highest BCUT2D eigenvalue weighted by Crippen LogP contribution is 2.36. The van der Waals surface area contributed by atoms with Crippen molar-refractivity contribution in [1.29, 1.82) is 0 Å².